The number of nitrogens with one attached hydrogen (secondary N) is 2. The number of pyridine rings is 1. The monoisotopic (exact) mass is 587 g/mol. The quantitative estimate of drug-likeness (QED) is 0.262. The molecule has 0 saturated carbocycles. The van der Waals surface area contributed by atoms with Crippen LogP contribution in [0.25, 0.3) is 11.4 Å². The topological polar surface area (TPSA) is 171 Å². The van der Waals surface area contributed by atoms with E-state index in [1.54, 1.807) is 50.4 Å². The maximum Gasteiger partial charge on any atom is 0.411 e. The molecule has 4 rings (SSSR count). The number of amides is 2. The van der Waals surface area contributed by atoms with Crippen molar-refractivity contribution in [3.05, 3.63) is 88.3 Å². The Labute approximate surface area is 247 Å². The maximum atomic E-state index is 13.5. The van der Waals surface area contributed by atoms with E-state index in [0.717, 1.165) is 17.2 Å². The van der Waals surface area contributed by atoms with E-state index in [0.29, 0.717) is 11.3 Å². The van der Waals surface area contributed by atoms with Crippen molar-refractivity contribution in [3.63, 3.8) is 0 Å². The zero-order chi connectivity index (χ0) is 31.3. The molecule has 1 atom stereocenters. The number of hydrogen-bond donors (Lipinski definition) is 2. The zero-order valence-corrected chi connectivity index (χ0v) is 24.7. The van der Waals surface area contributed by atoms with Gasteiger partial charge in [-0.1, -0.05) is 44.2 Å². The van der Waals surface area contributed by atoms with E-state index in [1.165, 1.54) is 6.20 Å². The van der Waals surface area contributed by atoms with E-state index < -0.39 is 41.3 Å². The first-order valence-electron chi connectivity index (χ1n) is 13.5. The number of methoxy groups -OCH3 is 1. The normalized spacial score (nSPS) is 12.1. The Kier molecular flexibility index (Phi) is 9.12. The van der Waals surface area contributed by atoms with Crippen molar-refractivity contribution in [2.45, 2.75) is 52.6 Å². The van der Waals surface area contributed by atoms with Crippen molar-refractivity contribution in [1.82, 2.24) is 30.0 Å². The van der Waals surface area contributed by atoms with Gasteiger partial charge in [-0.05, 0) is 44.4 Å². The van der Waals surface area contributed by atoms with Gasteiger partial charge in [-0.3, -0.25) is 29.3 Å². The molecule has 0 radical (unpaired) electrons. The van der Waals surface area contributed by atoms with Gasteiger partial charge in [-0.25, -0.2) is 9.78 Å². The first-order valence-corrected chi connectivity index (χ1v) is 13.5. The summed E-state index contributed by atoms with van der Waals surface area (Å²) in [5, 5.41) is 13.1. The van der Waals surface area contributed by atoms with Gasteiger partial charge in [-0.2, -0.15) is 0 Å². The Morgan fingerprint density at radius 2 is 1.79 bits per heavy atom. The molecule has 43 heavy (non-hydrogen) atoms. The zero-order valence-electron chi connectivity index (χ0n) is 24.7. The summed E-state index contributed by atoms with van der Waals surface area (Å²) in [6.45, 7) is 8.67. The van der Waals surface area contributed by atoms with Gasteiger partial charge in [0.15, 0.2) is 0 Å². The summed E-state index contributed by atoms with van der Waals surface area (Å²) < 4.78 is 11.5. The van der Waals surface area contributed by atoms with E-state index in [1.807, 2.05) is 32.9 Å². The summed E-state index contributed by atoms with van der Waals surface area (Å²) in [5.41, 5.74) is 0.626. The predicted molar refractivity (Wildman–Crippen MR) is 156 cm³/mol. The number of rotatable bonds is 10. The van der Waals surface area contributed by atoms with Gasteiger partial charge in [0.1, 0.15) is 18.1 Å². The molecule has 0 unspecified atom stereocenters. The summed E-state index contributed by atoms with van der Waals surface area (Å²) >= 11 is 0. The highest BCUT2D eigenvalue weighted by molar-refractivity contribution is 5.98. The average Bonchev–Trinajstić information content (AvgIpc) is 3.49. The van der Waals surface area contributed by atoms with Gasteiger partial charge in [0.2, 0.25) is 17.6 Å². The number of aromatic nitrogens is 5. The third-order valence-corrected chi connectivity index (χ3v) is 6.79. The number of ether oxygens (including phenoxy) is 1. The predicted octanol–water partition coefficient (Wildman–Crippen LogP) is 3.52. The molecular formula is C30H33N7O6. The molecule has 224 valence electrons. The van der Waals surface area contributed by atoms with Gasteiger partial charge in [0.25, 0.3) is 11.4 Å². The minimum absolute atomic E-state index is 0.181. The van der Waals surface area contributed by atoms with Gasteiger partial charge in [-0.15, -0.1) is 10.2 Å². The molecule has 0 fully saturated rings. The molecule has 0 spiro atoms. The standard InChI is InChI=1S/C30H33N7O6/c1-17(2)23(24(39)26-35-36-28(43-26)30(4,5)21-14-18(3)12-13-31-21)34-22(38)16-37-25(19-10-8-7-9-11-19)32-15-20(27(37)40)33-29(41)42-6/h7-15,17,23H,16H2,1-6H3,(H,33,41)(H,34,38)/t23-/m1/s1. The molecule has 13 nitrogen and oxygen atoms in total. The van der Waals surface area contributed by atoms with Crippen LogP contribution in [0.4, 0.5) is 10.5 Å². The molecule has 0 bridgehead atoms. The number of ketones is 1. The van der Waals surface area contributed by atoms with Crippen molar-refractivity contribution in [2.75, 3.05) is 12.4 Å². The largest absolute Gasteiger partial charge is 0.453 e. The van der Waals surface area contributed by atoms with E-state index in [4.69, 9.17) is 4.42 Å². The minimum Gasteiger partial charge on any atom is -0.453 e. The van der Waals surface area contributed by atoms with E-state index in [9.17, 15) is 19.2 Å². The summed E-state index contributed by atoms with van der Waals surface area (Å²) in [5.74, 6) is -1.46. The molecule has 4 aromatic rings. The Balaban J connectivity index is 1.60. The summed E-state index contributed by atoms with van der Waals surface area (Å²) in [6.07, 6.45) is 2.01. The lowest BCUT2D eigenvalue weighted by atomic mass is 9.88. The fourth-order valence-electron chi connectivity index (χ4n) is 4.30. The molecule has 1 aromatic carbocycles. The average molecular weight is 588 g/mol. The van der Waals surface area contributed by atoms with E-state index >= 15 is 0 Å². The van der Waals surface area contributed by atoms with Crippen molar-refractivity contribution in [2.24, 2.45) is 5.92 Å². The van der Waals surface area contributed by atoms with Crippen LogP contribution < -0.4 is 16.2 Å². The molecular weight excluding hydrogens is 554 g/mol. The highest BCUT2D eigenvalue weighted by Gasteiger charge is 2.35. The van der Waals surface area contributed by atoms with Crippen LogP contribution in [0.1, 0.15) is 55.5 Å². The Hall–Kier alpha value is -5.20. The number of nitrogens with zero attached hydrogens (tertiary/aromatic N) is 5. The fourth-order valence-corrected chi connectivity index (χ4v) is 4.30. The molecule has 0 aliphatic rings. The number of hydrogen-bond acceptors (Lipinski definition) is 10. The second kappa shape index (κ2) is 12.8. The van der Waals surface area contributed by atoms with Gasteiger partial charge < -0.3 is 14.5 Å². The lowest BCUT2D eigenvalue weighted by molar-refractivity contribution is -0.122. The smallest absolute Gasteiger partial charge is 0.411 e. The number of carbonyl (C=O) groups is 3. The number of carbonyl (C=O) groups excluding carboxylic acids is 3. The van der Waals surface area contributed by atoms with Crippen molar-refractivity contribution >= 4 is 23.5 Å². The van der Waals surface area contributed by atoms with Crippen LogP contribution in [0.5, 0.6) is 0 Å². The third-order valence-electron chi connectivity index (χ3n) is 6.79. The van der Waals surface area contributed by atoms with Crippen molar-refractivity contribution in [3.8, 4) is 11.4 Å². The molecule has 3 heterocycles. The summed E-state index contributed by atoms with van der Waals surface area (Å²) in [7, 11) is 1.16. The first-order chi connectivity index (χ1) is 20.4. The summed E-state index contributed by atoms with van der Waals surface area (Å²) in [6, 6.07) is 11.5. The molecule has 0 saturated heterocycles. The van der Waals surface area contributed by atoms with Crippen LogP contribution in [-0.2, 0) is 21.5 Å². The molecule has 2 N–H and O–H groups in total. The fraction of sp³-hybridized carbons (Fsp3) is 0.333. The third kappa shape index (κ3) is 6.83. The molecule has 13 heteroatoms. The number of aryl methyl sites for hydroxylation is 1. The molecule has 0 aliphatic heterocycles. The second-order valence-corrected chi connectivity index (χ2v) is 10.8. The summed E-state index contributed by atoms with van der Waals surface area (Å²) in [4.78, 5) is 60.6. The highest BCUT2D eigenvalue weighted by atomic mass is 16.5. The Morgan fingerprint density at radius 1 is 1.07 bits per heavy atom. The van der Waals surface area contributed by atoms with E-state index in [2.05, 4.69) is 35.5 Å². The number of Topliss-reactive ketones (excluding diaryl/α,β-unsaturated/α-hetero) is 1. The van der Waals surface area contributed by atoms with Crippen LogP contribution in [-0.4, -0.2) is 55.7 Å². The van der Waals surface area contributed by atoms with E-state index in [-0.39, 0.29) is 29.2 Å². The van der Waals surface area contributed by atoms with Crippen LogP contribution in [0.2, 0.25) is 0 Å². The van der Waals surface area contributed by atoms with Crippen LogP contribution in [0, 0.1) is 12.8 Å². The SMILES string of the molecule is COC(=O)Nc1cnc(-c2ccccc2)n(CC(=O)N[C@@H](C(=O)c2nnc(C(C)(C)c3cc(C)ccn3)o2)C(C)C)c1=O. The lowest BCUT2D eigenvalue weighted by Crippen LogP contribution is -2.46. The molecule has 2 amide bonds. The van der Waals surface area contributed by atoms with Crippen molar-refractivity contribution < 1.29 is 23.5 Å². The Bertz CT molecular complexity index is 1690. The van der Waals surface area contributed by atoms with Gasteiger partial charge in [0.05, 0.1) is 30.5 Å². The van der Waals surface area contributed by atoms with Crippen molar-refractivity contribution in [1.29, 1.82) is 0 Å². The van der Waals surface area contributed by atoms with Gasteiger partial charge in [0, 0.05) is 11.8 Å². The van der Waals surface area contributed by atoms with Gasteiger partial charge >= 0.3 is 6.09 Å². The number of anilines is 1. The highest BCUT2D eigenvalue weighted by Crippen LogP contribution is 2.29. The molecule has 0 aliphatic carbocycles. The Morgan fingerprint density at radius 3 is 2.44 bits per heavy atom. The minimum atomic E-state index is -1.04. The van der Waals surface area contributed by atoms with Crippen LogP contribution in [0.15, 0.2) is 64.1 Å². The maximum absolute atomic E-state index is 13.5. The number of benzene rings is 1. The molecule has 3 aromatic heterocycles. The van der Waals surface area contributed by atoms with Crippen LogP contribution >= 0.6 is 0 Å². The lowest BCUT2D eigenvalue weighted by Gasteiger charge is -2.21. The second-order valence-electron chi connectivity index (χ2n) is 10.8. The first kappa shape index (κ1) is 30.8. The van der Waals surface area contributed by atoms with Crippen LogP contribution in [0.3, 0.4) is 0 Å².